The molecule has 0 aromatic carbocycles. The lowest BCUT2D eigenvalue weighted by atomic mass is 9.85. The van der Waals surface area contributed by atoms with Gasteiger partial charge in [0.1, 0.15) is 0 Å². The summed E-state index contributed by atoms with van der Waals surface area (Å²) in [5, 5.41) is 7.37. The van der Waals surface area contributed by atoms with Crippen molar-refractivity contribution in [1.29, 1.82) is 0 Å². The molecule has 0 spiro atoms. The Morgan fingerprint density at radius 2 is 1.86 bits per heavy atom. The number of anilines is 2. The zero-order chi connectivity index (χ0) is 15.4. The molecule has 0 radical (unpaired) electrons. The van der Waals surface area contributed by atoms with E-state index < -0.39 is 0 Å². The molecule has 2 aromatic rings. The molecular formula is C14H23N7. The highest BCUT2D eigenvalue weighted by molar-refractivity contribution is 5.34. The molecule has 0 saturated heterocycles. The van der Waals surface area contributed by atoms with Crippen LogP contribution < -0.4 is 11.1 Å². The van der Waals surface area contributed by atoms with Crippen molar-refractivity contribution in [3.63, 3.8) is 0 Å². The third kappa shape index (κ3) is 3.90. The van der Waals surface area contributed by atoms with Gasteiger partial charge in [0.25, 0.3) is 5.95 Å². The summed E-state index contributed by atoms with van der Waals surface area (Å²) in [4.78, 5) is 12.6. The van der Waals surface area contributed by atoms with Crippen LogP contribution in [0.4, 0.5) is 11.9 Å². The second-order valence-electron chi connectivity index (χ2n) is 5.80. The van der Waals surface area contributed by atoms with Crippen LogP contribution in [0.3, 0.4) is 0 Å². The van der Waals surface area contributed by atoms with E-state index in [4.69, 9.17) is 5.73 Å². The Hall–Kier alpha value is -2.18. The second kappa shape index (κ2) is 6.51. The lowest BCUT2D eigenvalue weighted by molar-refractivity contribution is 0.304. The SMILES string of the molecule is CC(C)C(CNc1nc(N)nc(-n2cccn2)n1)C(C)C. The first-order chi connectivity index (χ1) is 9.97. The molecule has 2 heterocycles. The standard InChI is InChI=1S/C14H23N7/c1-9(2)11(10(3)4)8-16-13-18-12(15)19-14(20-13)21-7-5-6-17-21/h5-7,9-11H,8H2,1-4H3,(H3,15,16,18,19,20). The Bertz CT molecular complexity index is 555. The fraction of sp³-hybridized carbons (Fsp3) is 0.571. The predicted octanol–water partition coefficient (Wildman–Crippen LogP) is 1.98. The molecule has 0 aliphatic rings. The number of rotatable bonds is 6. The van der Waals surface area contributed by atoms with Crippen LogP contribution in [0.25, 0.3) is 5.95 Å². The van der Waals surface area contributed by atoms with E-state index in [1.807, 2.05) is 0 Å². The van der Waals surface area contributed by atoms with E-state index in [-0.39, 0.29) is 5.95 Å². The van der Waals surface area contributed by atoms with E-state index in [9.17, 15) is 0 Å². The molecule has 0 aliphatic heterocycles. The zero-order valence-electron chi connectivity index (χ0n) is 13.0. The number of nitrogens with zero attached hydrogens (tertiary/aromatic N) is 5. The summed E-state index contributed by atoms with van der Waals surface area (Å²) < 4.78 is 1.56. The van der Waals surface area contributed by atoms with E-state index in [0.29, 0.717) is 29.7 Å². The monoisotopic (exact) mass is 289 g/mol. The summed E-state index contributed by atoms with van der Waals surface area (Å²) in [5.41, 5.74) is 5.75. The van der Waals surface area contributed by atoms with Gasteiger partial charge < -0.3 is 11.1 Å². The fourth-order valence-electron chi connectivity index (χ4n) is 2.40. The molecule has 7 nitrogen and oxygen atoms in total. The number of nitrogen functional groups attached to an aromatic ring is 1. The normalized spacial score (nSPS) is 11.6. The Morgan fingerprint density at radius 1 is 1.14 bits per heavy atom. The number of aromatic nitrogens is 5. The molecule has 0 saturated carbocycles. The Balaban J connectivity index is 2.13. The van der Waals surface area contributed by atoms with E-state index in [2.05, 4.69) is 53.1 Å². The third-order valence-electron chi connectivity index (χ3n) is 3.56. The first-order valence-electron chi connectivity index (χ1n) is 7.22. The van der Waals surface area contributed by atoms with Crippen molar-refractivity contribution < 1.29 is 0 Å². The van der Waals surface area contributed by atoms with E-state index >= 15 is 0 Å². The van der Waals surface area contributed by atoms with Gasteiger partial charge in [-0.2, -0.15) is 20.1 Å². The largest absolute Gasteiger partial charge is 0.368 e. The van der Waals surface area contributed by atoms with Crippen LogP contribution in [0.1, 0.15) is 27.7 Å². The van der Waals surface area contributed by atoms with Crippen molar-refractivity contribution in [3.8, 4) is 5.95 Å². The second-order valence-corrected chi connectivity index (χ2v) is 5.80. The molecular weight excluding hydrogens is 266 g/mol. The van der Waals surface area contributed by atoms with E-state index in [0.717, 1.165) is 6.54 Å². The van der Waals surface area contributed by atoms with Gasteiger partial charge in [0.2, 0.25) is 11.9 Å². The highest BCUT2D eigenvalue weighted by Crippen LogP contribution is 2.20. The first-order valence-corrected chi connectivity index (χ1v) is 7.22. The lowest BCUT2D eigenvalue weighted by Crippen LogP contribution is -2.25. The highest BCUT2D eigenvalue weighted by Gasteiger charge is 2.18. The van der Waals surface area contributed by atoms with Gasteiger partial charge in [-0.15, -0.1) is 0 Å². The third-order valence-corrected chi connectivity index (χ3v) is 3.56. The molecule has 114 valence electrons. The minimum atomic E-state index is 0.184. The van der Waals surface area contributed by atoms with Crippen molar-refractivity contribution in [2.45, 2.75) is 27.7 Å². The molecule has 0 bridgehead atoms. The predicted molar refractivity (Wildman–Crippen MR) is 83.0 cm³/mol. The van der Waals surface area contributed by atoms with Crippen LogP contribution in [0.5, 0.6) is 0 Å². The summed E-state index contributed by atoms with van der Waals surface area (Å²) in [6, 6.07) is 1.81. The van der Waals surface area contributed by atoms with Gasteiger partial charge in [-0.05, 0) is 23.8 Å². The minimum absolute atomic E-state index is 0.184. The van der Waals surface area contributed by atoms with Gasteiger partial charge in [0.15, 0.2) is 0 Å². The number of hydrogen-bond acceptors (Lipinski definition) is 6. The molecule has 2 rings (SSSR count). The molecule has 0 unspecified atom stereocenters. The maximum absolute atomic E-state index is 5.75. The van der Waals surface area contributed by atoms with Crippen molar-refractivity contribution >= 4 is 11.9 Å². The van der Waals surface area contributed by atoms with Crippen LogP contribution in [0, 0.1) is 17.8 Å². The Morgan fingerprint density at radius 3 is 2.43 bits per heavy atom. The van der Waals surface area contributed by atoms with Gasteiger partial charge in [0.05, 0.1) is 0 Å². The van der Waals surface area contributed by atoms with Crippen LogP contribution in [-0.4, -0.2) is 31.3 Å². The first kappa shape index (κ1) is 15.2. The molecule has 7 heteroatoms. The summed E-state index contributed by atoms with van der Waals surface area (Å²) >= 11 is 0. The van der Waals surface area contributed by atoms with E-state index in [1.165, 1.54) is 0 Å². The topological polar surface area (TPSA) is 94.5 Å². The van der Waals surface area contributed by atoms with Crippen molar-refractivity contribution in [2.75, 3.05) is 17.6 Å². The molecule has 0 aliphatic carbocycles. The van der Waals surface area contributed by atoms with Crippen LogP contribution in [0.15, 0.2) is 18.5 Å². The highest BCUT2D eigenvalue weighted by atomic mass is 15.4. The van der Waals surface area contributed by atoms with Crippen LogP contribution >= 0.6 is 0 Å². The van der Waals surface area contributed by atoms with Crippen molar-refractivity contribution in [1.82, 2.24) is 24.7 Å². The minimum Gasteiger partial charge on any atom is -0.368 e. The summed E-state index contributed by atoms with van der Waals surface area (Å²) in [6.07, 6.45) is 3.43. The average Bonchev–Trinajstić information content (AvgIpc) is 2.91. The smallest absolute Gasteiger partial charge is 0.257 e. The lowest BCUT2D eigenvalue weighted by Gasteiger charge is -2.25. The maximum atomic E-state index is 5.75. The van der Waals surface area contributed by atoms with E-state index in [1.54, 1.807) is 23.1 Å². The summed E-state index contributed by atoms with van der Waals surface area (Å²) in [6.45, 7) is 9.70. The average molecular weight is 289 g/mol. The van der Waals surface area contributed by atoms with Crippen molar-refractivity contribution in [3.05, 3.63) is 18.5 Å². The molecule has 0 fully saturated rings. The molecule has 0 atom stereocenters. The zero-order valence-corrected chi connectivity index (χ0v) is 13.0. The quantitative estimate of drug-likeness (QED) is 0.844. The van der Waals surface area contributed by atoms with Crippen molar-refractivity contribution in [2.24, 2.45) is 17.8 Å². The maximum Gasteiger partial charge on any atom is 0.257 e. The van der Waals surface area contributed by atoms with Crippen LogP contribution in [-0.2, 0) is 0 Å². The van der Waals surface area contributed by atoms with Gasteiger partial charge in [-0.25, -0.2) is 4.68 Å². The summed E-state index contributed by atoms with van der Waals surface area (Å²) in [7, 11) is 0. The van der Waals surface area contributed by atoms with Gasteiger partial charge in [-0.1, -0.05) is 27.7 Å². The van der Waals surface area contributed by atoms with Gasteiger partial charge in [0, 0.05) is 18.9 Å². The Labute approximate surface area is 125 Å². The fourth-order valence-corrected chi connectivity index (χ4v) is 2.40. The number of hydrogen-bond donors (Lipinski definition) is 2. The number of nitrogens with two attached hydrogens (primary N) is 1. The van der Waals surface area contributed by atoms with Crippen LogP contribution in [0.2, 0.25) is 0 Å². The molecule has 3 N–H and O–H groups in total. The summed E-state index contributed by atoms with van der Waals surface area (Å²) in [5.74, 6) is 2.80. The Kier molecular flexibility index (Phi) is 4.72. The molecule has 21 heavy (non-hydrogen) atoms. The molecule has 0 amide bonds. The van der Waals surface area contributed by atoms with Gasteiger partial charge in [-0.3, -0.25) is 0 Å². The number of nitrogens with one attached hydrogen (secondary N) is 1. The molecule has 2 aromatic heterocycles. The van der Waals surface area contributed by atoms with Gasteiger partial charge >= 0.3 is 0 Å².